The van der Waals surface area contributed by atoms with Crippen molar-refractivity contribution in [2.24, 2.45) is 5.92 Å². The zero-order valence-corrected chi connectivity index (χ0v) is 11.2. The largest absolute Gasteiger partial charge is 0.481 e. The van der Waals surface area contributed by atoms with Gasteiger partial charge in [0.2, 0.25) is 0 Å². The normalized spacial score (nSPS) is 26.2. The maximum atomic E-state index is 11.1. The van der Waals surface area contributed by atoms with Gasteiger partial charge in [0.25, 0.3) is 0 Å². The summed E-state index contributed by atoms with van der Waals surface area (Å²) in [5.74, 6) is 0.455. The summed E-state index contributed by atoms with van der Waals surface area (Å²) in [6.45, 7) is 0. The van der Waals surface area contributed by atoms with Crippen LogP contribution in [0.1, 0.15) is 49.9 Å². The number of nitrogens with zero attached hydrogens (tertiary/aromatic N) is 3. The highest BCUT2D eigenvalue weighted by Gasteiger charge is 2.36. The molecular weight excluding hydrogens is 254 g/mol. The van der Waals surface area contributed by atoms with Crippen LogP contribution >= 0.6 is 0 Å². The van der Waals surface area contributed by atoms with Crippen LogP contribution in [-0.2, 0) is 4.79 Å². The minimum absolute atomic E-state index is 0.208. The van der Waals surface area contributed by atoms with Crippen LogP contribution in [0.4, 0.5) is 0 Å². The molecule has 0 bridgehead atoms. The third kappa shape index (κ3) is 1.80. The number of carbonyl (C=O) groups is 1. The lowest BCUT2D eigenvalue weighted by Crippen LogP contribution is -2.11. The number of hydrogen-bond acceptors (Lipinski definition) is 3. The van der Waals surface area contributed by atoms with Crippen molar-refractivity contribution in [3.63, 3.8) is 0 Å². The van der Waals surface area contributed by atoms with Gasteiger partial charge < -0.3 is 9.67 Å². The minimum atomic E-state index is -0.667. The van der Waals surface area contributed by atoms with E-state index in [9.17, 15) is 4.79 Å². The maximum Gasteiger partial charge on any atom is 0.306 e. The highest BCUT2D eigenvalue weighted by atomic mass is 16.4. The van der Waals surface area contributed by atoms with Crippen LogP contribution in [-0.4, -0.2) is 25.6 Å². The van der Waals surface area contributed by atoms with E-state index in [0.29, 0.717) is 12.5 Å². The average molecular weight is 271 g/mol. The Morgan fingerprint density at radius 2 is 2.15 bits per heavy atom. The van der Waals surface area contributed by atoms with Crippen molar-refractivity contribution < 1.29 is 9.90 Å². The monoisotopic (exact) mass is 271 g/mol. The molecular formula is C15H17N3O2. The molecule has 0 aliphatic heterocycles. The second-order valence-electron chi connectivity index (χ2n) is 5.96. The average Bonchev–Trinajstić information content (AvgIpc) is 3.04. The molecule has 0 saturated heterocycles. The number of carboxylic acids is 1. The summed E-state index contributed by atoms with van der Waals surface area (Å²) >= 11 is 0. The van der Waals surface area contributed by atoms with Gasteiger partial charge >= 0.3 is 5.97 Å². The topological polar surface area (TPSA) is 68.0 Å². The first-order valence-electron chi connectivity index (χ1n) is 7.29. The smallest absolute Gasteiger partial charge is 0.306 e. The molecule has 5 heteroatoms. The predicted octanol–water partition coefficient (Wildman–Crippen LogP) is 2.73. The molecule has 104 valence electrons. The van der Waals surface area contributed by atoms with Crippen molar-refractivity contribution in [3.05, 3.63) is 24.2 Å². The molecule has 2 atom stereocenters. The number of aliphatic carboxylic acids is 1. The van der Waals surface area contributed by atoms with E-state index in [0.717, 1.165) is 29.8 Å². The number of imidazole rings is 1. The van der Waals surface area contributed by atoms with E-state index in [4.69, 9.17) is 10.1 Å². The fourth-order valence-electron chi connectivity index (χ4n) is 3.37. The number of aromatic nitrogens is 3. The lowest BCUT2D eigenvalue weighted by Gasteiger charge is -2.12. The zero-order valence-electron chi connectivity index (χ0n) is 11.2. The molecule has 20 heavy (non-hydrogen) atoms. The summed E-state index contributed by atoms with van der Waals surface area (Å²) in [7, 11) is 0. The number of hydrogen-bond donors (Lipinski definition) is 1. The Morgan fingerprint density at radius 3 is 2.85 bits per heavy atom. The molecule has 2 aromatic rings. The number of pyridine rings is 1. The molecule has 2 heterocycles. The first kappa shape index (κ1) is 11.9. The van der Waals surface area contributed by atoms with Crippen LogP contribution in [0.25, 0.3) is 11.2 Å². The quantitative estimate of drug-likeness (QED) is 0.932. The maximum absolute atomic E-state index is 11.1. The van der Waals surface area contributed by atoms with Gasteiger partial charge in [-0.2, -0.15) is 0 Å². The molecule has 2 aliphatic rings. The highest BCUT2D eigenvalue weighted by Crippen LogP contribution is 2.44. The molecule has 2 fully saturated rings. The summed E-state index contributed by atoms with van der Waals surface area (Å²) < 4.78 is 2.27. The molecule has 2 unspecified atom stereocenters. The van der Waals surface area contributed by atoms with Crippen LogP contribution in [0.3, 0.4) is 0 Å². The van der Waals surface area contributed by atoms with Gasteiger partial charge in [-0.05, 0) is 44.2 Å². The van der Waals surface area contributed by atoms with Crippen molar-refractivity contribution in [2.45, 2.75) is 44.1 Å². The van der Waals surface area contributed by atoms with E-state index < -0.39 is 5.97 Å². The molecule has 2 aromatic heterocycles. The molecule has 0 radical (unpaired) electrons. The molecule has 5 nitrogen and oxygen atoms in total. The van der Waals surface area contributed by atoms with E-state index in [-0.39, 0.29) is 11.8 Å². The molecule has 0 amide bonds. The van der Waals surface area contributed by atoms with Gasteiger partial charge in [-0.15, -0.1) is 0 Å². The number of rotatable bonds is 3. The molecule has 1 N–H and O–H groups in total. The Hall–Kier alpha value is -1.91. The van der Waals surface area contributed by atoms with Crippen LogP contribution in [0, 0.1) is 5.92 Å². The molecule has 0 aromatic carbocycles. The third-order valence-electron chi connectivity index (χ3n) is 4.54. The van der Waals surface area contributed by atoms with E-state index in [2.05, 4.69) is 9.55 Å². The summed E-state index contributed by atoms with van der Waals surface area (Å²) in [4.78, 5) is 20.4. The third-order valence-corrected chi connectivity index (χ3v) is 4.54. The van der Waals surface area contributed by atoms with E-state index in [1.54, 1.807) is 6.20 Å². The van der Waals surface area contributed by atoms with Gasteiger partial charge in [-0.25, -0.2) is 9.97 Å². The second kappa shape index (κ2) is 4.30. The van der Waals surface area contributed by atoms with Crippen LogP contribution in [0.15, 0.2) is 18.3 Å². The van der Waals surface area contributed by atoms with Gasteiger partial charge in [0.15, 0.2) is 5.65 Å². The molecule has 2 aliphatic carbocycles. The van der Waals surface area contributed by atoms with Crippen molar-refractivity contribution in [1.29, 1.82) is 0 Å². The highest BCUT2D eigenvalue weighted by molar-refractivity contribution is 5.72. The second-order valence-corrected chi connectivity index (χ2v) is 5.96. The first-order chi connectivity index (χ1) is 9.74. The minimum Gasteiger partial charge on any atom is -0.481 e. The Kier molecular flexibility index (Phi) is 2.55. The summed E-state index contributed by atoms with van der Waals surface area (Å²) in [6, 6.07) is 4.42. The fraction of sp³-hybridized carbons (Fsp3) is 0.533. The van der Waals surface area contributed by atoms with E-state index in [1.165, 1.54) is 12.8 Å². The Balaban J connectivity index is 1.76. The molecule has 4 rings (SSSR count). The Morgan fingerprint density at radius 1 is 1.30 bits per heavy atom. The van der Waals surface area contributed by atoms with E-state index >= 15 is 0 Å². The van der Waals surface area contributed by atoms with Crippen LogP contribution in [0.2, 0.25) is 0 Å². The van der Waals surface area contributed by atoms with Crippen molar-refractivity contribution in [3.8, 4) is 0 Å². The van der Waals surface area contributed by atoms with Crippen LogP contribution in [0.5, 0.6) is 0 Å². The summed E-state index contributed by atoms with van der Waals surface area (Å²) in [5.41, 5.74) is 1.90. The van der Waals surface area contributed by atoms with Gasteiger partial charge in [0.1, 0.15) is 11.3 Å². The van der Waals surface area contributed by atoms with Crippen LogP contribution < -0.4 is 0 Å². The van der Waals surface area contributed by atoms with Gasteiger partial charge in [0.05, 0.1) is 5.92 Å². The molecule has 0 spiro atoms. The van der Waals surface area contributed by atoms with Gasteiger partial charge in [-0.1, -0.05) is 0 Å². The van der Waals surface area contributed by atoms with Gasteiger partial charge in [-0.3, -0.25) is 4.79 Å². The molecule has 2 saturated carbocycles. The van der Waals surface area contributed by atoms with E-state index in [1.807, 2.05) is 12.1 Å². The van der Waals surface area contributed by atoms with Crippen molar-refractivity contribution >= 4 is 17.1 Å². The summed E-state index contributed by atoms with van der Waals surface area (Å²) in [5, 5.41) is 9.17. The van der Waals surface area contributed by atoms with Gasteiger partial charge in [0, 0.05) is 18.2 Å². The number of carboxylic acid groups (broad SMARTS) is 1. The standard InChI is InChI=1S/C15H17N3O2/c19-15(20)10-4-3-9(8-10)13-17-12-2-1-7-16-14(12)18(13)11-5-6-11/h1-2,7,9-11H,3-6,8H2,(H,19,20). The zero-order chi connectivity index (χ0) is 13.7. The lowest BCUT2D eigenvalue weighted by molar-refractivity contribution is -0.141. The number of fused-ring (bicyclic) bond motifs is 1. The predicted molar refractivity (Wildman–Crippen MR) is 73.5 cm³/mol. The first-order valence-corrected chi connectivity index (χ1v) is 7.29. The lowest BCUT2D eigenvalue weighted by atomic mass is 10.0. The van der Waals surface area contributed by atoms with Crippen molar-refractivity contribution in [2.75, 3.05) is 0 Å². The summed E-state index contributed by atoms with van der Waals surface area (Å²) in [6.07, 6.45) is 6.58. The van der Waals surface area contributed by atoms with Crippen molar-refractivity contribution in [1.82, 2.24) is 14.5 Å². The Bertz CT molecular complexity index is 675. The Labute approximate surface area is 116 Å². The fourth-order valence-corrected chi connectivity index (χ4v) is 3.37. The SMILES string of the molecule is O=C(O)C1CCC(c2nc3cccnc3n2C2CC2)C1.